The van der Waals surface area contributed by atoms with Crippen molar-refractivity contribution in [1.82, 2.24) is 0 Å². The summed E-state index contributed by atoms with van der Waals surface area (Å²) in [4.78, 5) is 12.4. The van der Waals surface area contributed by atoms with E-state index in [2.05, 4.69) is 9.63 Å². The lowest BCUT2D eigenvalue weighted by atomic mass is 10.1. The molecule has 15 heavy (non-hydrogen) atoms. The molecule has 1 heterocycles. The fourth-order valence-electron chi connectivity index (χ4n) is 1.43. The average molecular weight is 245 g/mol. The van der Waals surface area contributed by atoms with E-state index in [1.54, 1.807) is 0 Å². The fourth-order valence-corrected chi connectivity index (χ4v) is 2.27. The molecule has 0 spiro atoms. The Morgan fingerprint density at radius 1 is 1.53 bits per heavy atom. The van der Waals surface area contributed by atoms with Crippen molar-refractivity contribution in [2.45, 2.75) is 24.1 Å². The molecule has 0 aromatic carbocycles. The molecule has 0 saturated carbocycles. The number of ether oxygens (including phenoxy) is 1. The molecule has 0 amide bonds. The van der Waals surface area contributed by atoms with Gasteiger partial charge in [0.15, 0.2) is 0 Å². The van der Waals surface area contributed by atoms with Crippen LogP contribution in [-0.4, -0.2) is 68.5 Å². The van der Waals surface area contributed by atoms with Gasteiger partial charge in [-0.3, -0.25) is 4.57 Å². The third-order valence-electron chi connectivity index (χ3n) is 2.13. The van der Waals surface area contributed by atoms with Crippen LogP contribution in [0.2, 0.25) is 0 Å². The maximum atomic E-state index is 11.0. The summed E-state index contributed by atoms with van der Waals surface area (Å²) in [5.74, 6) is -2.53. The molecule has 90 valence electrons. The smallest absolute Gasteiger partial charge is 0.331 e. The van der Waals surface area contributed by atoms with Gasteiger partial charge in [0.05, 0.1) is 6.61 Å². The second-order valence-electron chi connectivity index (χ2n) is 3.41. The Balaban J connectivity index is 2.83. The van der Waals surface area contributed by atoms with Crippen LogP contribution in [0.4, 0.5) is 0 Å². The molecule has 1 fully saturated rings. The monoisotopic (exact) mass is 245 g/mol. The lowest BCUT2D eigenvalue weighted by Gasteiger charge is -2.25. The number of rotatable bonds is 4. The van der Waals surface area contributed by atoms with Crippen molar-refractivity contribution in [2.75, 3.05) is 12.8 Å². The van der Waals surface area contributed by atoms with Crippen molar-refractivity contribution in [3.8, 4) is 0 Å². The summed E-state index contributed by atoms with van der Waals surface area (Å²) in [5, 5.41) is 37.1. The summed E-state index contributed by atoms with van der Waals surface area (Å²) in [7, 11) is -4.45. The molecule has 6 N–H and O–H groups in total. The van der Waals surface area contributed by atoms with E-state index < -0.39 is 44.5 Å². The van der Waals surface area contributed by atoms with Crippen molar-refractivity contribution in [3.63, 3.8) is 0 Å². The van der Waals surface area contributed by atoms with Gasteiger partial charge < -0.3 is 35.0 Å². The van der Waals surface area contributed by atoms with Crippen LogP contribution < -0.4 is 0 Å². The Bertz CT molecular complexity index is 300. The molecular weight excluding hydrogens is 231 g/mol. The molecule has 0 aromatic rings. The van der Waals surface area contributed by atoms with Gasteiger partial charge in [-0.1, -0.05) is 0 Å². The first-order valence-electron chi connectivity index (χ1n) is 4.50. The molecule has 0 bridgehead atoms. The summed E-state index contributed by atoms with van der Waals surface area (Å²) < 4.78 is 22.0. The Morgan fingerprint density at radius 3 is 2.53 bits per heavy atom. The van der Waals surface area contributed by atoms with E-state index >= 15 is 0 Å². The van der Waals surface area contributed by atoms with E-state index in [4.69, 9.17) is 11.4 Å². The van der Waals surface area contributed by atoms with Crippen molar-refractivity contribution in [1.29, 1.82) is 1.43 Å². The highest BCUT2D eigenvalue weighted by Crippen LogP contribution is 2.43. The van der Waals surface area contributed by atoms with Gasteiger partial charge in [-0.15, -0.1) is 0 Å². The maximum absolute atomic E-state index is 11.0. The standard InChI is InChI=1S/C6H13O8P/c7-1-3-4(8)5(9)6(10,14-3)2-15(11,12)13/h3-5,7-10H,1-2H2,(H2,11,12,13)/t3-,4-,5+,6?/m1/s1/i/hD. The number of hydrogen-bond donors (Lipinski definition) is 6. The predicted octanol–water partition coefficient (Wildman–Crippen LogP) is -3.03. The van der Waals surface area contributed by atoms with Gasteiger partial charge in [0, 0.05) is 0 Å². The zero-order chi connectivity index (χ0) is 12.6. The van der Waals surface area contributed by atoms with Crippen LogP contribution in [0.1, 0.15) is 0 Å². The maximum Gasteiger partial charge on any atom is 0.331 e. The van der Waals surface area contributed by atoms with Crippen LogP contribution in [0.3, 0.4) is 0 Å². The van der Waals surface area contributed by atoms with Crippen LogP contribution in [-0.2, 0) is 9.30 Å². The molecule has 1 rings (SSSR count). The van der Waals surface area contributed by atoms with Gasteiger partial charge >= 0.3 is 7.60 Å². The Hall–Kier alpha value is -0.0500. The first-order chi connectivity index (χ1) is 7.25. The molecule has 1 aliphatic rings. The van der Waals surface area contributed by atoms with Gasteiger partial charge in [-0.25, -0.2) is 0 Å². The van der Waals surface area contributed by atoms with E-state index in [0.29, 0.717) is 0 Å². The summed E-state index contributed by atoms with van der Waals surface area (Å²) in [6, 6.07) is 0. The van der Waals surface area contributed by atoms with Crippen LogP contribution in [0, 0.1) is 0 Å². The Morgan fingerprint density at radius 2 is 2.13 bits per heavy atom. The predicted molar refractivity (Wildman–Crippen MR) is 45.8 cm³/mol. The Kier molecular flexibility index (Phi) is 3.11. The highest BCUT2D eigenvalue weighted by molar-refractivity contribution is 7.51. The van der Waals surface area contributed by atoms with Gasteiger partial charge in [0.1, 0.15) is 24.5 Å². The number of aliphatic hydroxyl groups excluding tert-OH is 3. The first kappa shape index (κ1) is 11.4. The first-order valence-corrected chi connectivity index (χ1v) is 5.86. The minimum absolute atomic E-state index is 0.683. The third kappa shape index (κ3) is 2.74. The lowest BCUT2D eigenvalue weighted by molar-refractivity contribution is -0.216. The van der Waals surface area contributed by atoms with Gasteiger partial charge in [0.25, 0.3) is 0 Å². The topological polar surface area (TPSA) is 148 Å². The van der Waals surface area contributed by atoms with Crippen LogP contribution in [0.15, 0.2) is 0 Å². The highest BCUT2D eigenvalue weighted by Gasteiger charge is 2.55. The number of aliphatic hydroxyl groups is 4. The summed E-state index contributed by atoms with van der Waals surface area (Å²) >= 11 is 0. The Labute approximate surface area is 86.4 Å². The minimum atomic E-state index is -4.45. The average Bonchev–Trinajstić information content (AvgIpc) is 2.42. The fraction of sp³-hybridized carbons (Fsp3) is 1.00. The van der Waals surface area contributed by atoms with Crippen LogP contribution in [0.5, 0.6) is 0 Å². The molecular formula is C6H13O8P. The van der Waals surface area contributed by atoms with E-state index in [1.165, 1.54) is 0 Å². The van der Waals surface area contributed by atoms with Crippen molar-refractivity contribution in [3.05, 3.63) is 0 Å². The number of hydrogen-bond acceptors (Lipinski definition) is 7. The molecule has 2 unspecified atom stereocenters. The van der Waals surface area contributed by atoms with Crippen molar-refractivity contribution >= 4 is 7.60 Å². The molecule has 1 aliphatic heterocycles. The molecule has 8 nitrogen and oxygen atoms in total. The second-order valence-corrected chi connectivity index (χ2v) is 5.01. The van der Waals surface area contributed by atoms with Gasteiger partial charge in [-0.2, -0.15) is 0 Å². The van der Waals surface area contributed by atoms with Crippen LogP contribution in [0.25, 0.3) is 0 Å². The normalized spacial score (nSPS) is 46.2. The second kappa shape index (κ2) is 4.08. The van der Waals surface area contributed by atoms with Crippen LogP contribution >= 0.6 is 7.60 Å². The van der Waals surface area contributed by atoms with Crippen molar-refractivity contribution < 1.29 is 39.5 Å². The van der Waals surface area contributed by atoms with E-state index in [-0.39, 0.29) is 0 Å². The molecule has 9 heteroatoms. The third-order valence-corrected chi connectivity index (χ3v) is 2.98. The molecule has 1 saturated heterocycles. The highest BCUT2D eigenvalue weighted by atomic mass is 31.2. The van der Waals surface area contributed by atoms with Gasteiger partial charge in [-0.05, 0) is 0 Å². The minimum Gasteiger partial charge on any atom is -0.394 e. The zero-order valence-electron chi connectivity index (χ0n) is 8.55. The van der Waals surface area contributed by atoms with E-state index in [9.17, 15) is 19.9 Å². The quantitative estimate of drug-likeness (QED) is 0.286. The molecule has 5 atom stereocenters. The van der Waals surface area contributed by atoms with E-state index in [1.807, 2.05) is 0 Å². The van der Waals surface area contributed by atoms with E-state index in [0.717, 1.165) is 0 Å². The largest absolute Gasteiger partial charge is 0.394 e. The van der Waals surface area contributed by atoms with Crippen molar-refractivity contribution in [2.24, 2.45) is 0 Å². The zero-order valence-corrected chi connectivity index (χ0v) is 8.45. The summed E-state index contributed by atoms with van der Waals surface area (Å²) in [5.41, 5.74) is 0. The molecule has 0 aromatic heterocycles. The summed E-state index contributed by atoms with van der Waals surface area (Å²) in [6.45, 7) is -0.683. The lowest BCUT2D eigenvalue weighted by Crippen LogP contribution is -2.46. The SMILES string of the molecule is [2H]OP(=O)(O)CC1(O)O[C@H](CO)[C@@H](O)[C@@H]1O. The molecule has 0 aliphatic carbocycles. The summed E-state index contributed by atoms with van der Waals surface area (Å²) in [6.07, 6.45) is -5.83. The molecule has 0 radical (unpaired) electrons. The van der Waals surface area contributed by atoms with Gasteiger partial charge in [0.2, 0.25) is 7.22 Å².